The van der Waals surface area contributed by atoms with E-state index in [9.17, 15) is 8.78 Å². The van der Waals surface area contributed by atoms with Gasteiger partial charge < -0.3 is 11.1 Å². The van der Waals surface area contributed by atoms with Gasteiger partial charge in [-0.15, -0.1) is 0 Å². The second kappa shape index (κ2) is 5.38. The molecule has 0 aliphatic heterocycles. The third-order valence-electron chi connectivity index (χ3n) is 3.02. The van der Waals surface area contributed by atoms with Gasteiger partial charge in [0.25, 0.3) is 0 Å². The normalized spacial score (nSPS) is 17.6. The number of nitrogens with one attached hydrogen (secondary N) is 1. The second-order valence-corrected chi connectivity index (χ2v) is 4.26. The van der Waals surface area contributed by atoms with Gasteiger partial charge in [-0.05, 0) is 18.9 Å². The van der Waals surface area contributed by atoms with E-state index in [0.29, 0.717) is 18.2 Å². The monoisotopic (exact) mass is 238 g/mol. The van der Waals surface area contributed by atoms with Gasteiger partial charge in [0.1, 0.15) is 11.6 Å². The lowest BCUT2D eigenvalue weighted by Crippen LogP contribution is -2.35. The van der Waals surface area contributed by atoms with Gasteiger partial charge in [-0.2, -0.15) is 0 Å². The molecule has 3 N–H and O–H groups in total. The largest absolute Gasteiger partial charge is 0.329 e. The van der Waals surface area contributed by atoms with Crippen LogP contribution in [0, 0.1) is 11.6 Å². The van der Waals surface area contributed by atoms with Crippen LogP contribution in [-0.4, -0.2) is 12.6 Å². The molecule has 17 heavy (non-hydrogen) atoms. The quantitative estimate of drug-likeness (QED) is 0.790. The highest BCUT2D eigenvalue weighted by Gasteiger charge is 2.19. The fourth-order valence-corrected chi connectivity index (χ4v) is 2.11. The Morgan fingerprint density at radius 2 is 2.00 bits per heavy atom. The molecule has 1 unspecified atom stereocenters. The third kappa shape index (κ3) is 2.90. The van der Waals surface area contributed by atoms with E-state index in [-0.39, 0.29) is 6.04 Å². The smallest absolute Gasteiger partial charge is 0.130 e. The van der Waals surface area contributed by atoms with Crippen LogP contribution in [0.1, 0.15) is 24.4 Å². The highest BCUT2D eigenvalue weighted by Crippen LogP contribution is 2.20. The van der Waals surface area contributed by atoms with Crippen molar-refractivity contribution >= 4 is 0 Å². The summed E-state index contributed by atoms with van der Waals surface area (Å²) in [6.07, 6.45) is 6.04. The molecule has 1 atom stereocenters. The van der Waals surface area contributed by atoms with Crippen molar-refractivity contribution in [3.8, 4) is 0 Å². The van der Waals surface area contributed by atoms with Crippen molar-refractivity contribution in [2.75, 3.05) is 6.54 Å². The highest BCUT2D eigenvalue weighted by atomic mass is 19.1. The van der Waals surface area contributed by atoms with Gasteiger partial charge >= 0.3 is 0 Å². The summed E-state index contributed by atoms with van der Waals surface area (Å²) in [5.74, 6) is -1.11. The molecule has 0 saturated heterocycles. The summed E-state index contributed by atoms with van der Waals surface area (Å²) in [5.41, 5.74) is 6.08. The fourth-order valence-electron chi connectivity index (χ4n) is 2.11. The molecule has 1 aromatic rings. The maximum Gasteiger partial charge on any atom is 0.130 e. The predicted molar refractivity (Wildman–Crippen MR) is 63.5 cm³/mol. The zero-order chi connectivity index (χ0) is 12.3. The van der Waals surface area contributed by atoms with Gasteiger partial charge in [-0.25, -0.2) is 8.78 Å². The molecule has 0 radical (unpaired) electrons. The first-order chi connectivity index (χ1) is 8.20. The summed E-state index contributed by atoms with van der Waals surface area (Å²) < 4.78 is 26.4. The Balaban J connectivity index is 2.11. The van der Waals surface area contributed by atoms with E-state index in [1.807, 2.05) is 0 Å². The summed E-state index contributed by atoms with van der Waals surface area (Å²) in [6, 6.07) is 3.65. The number of rotatable bonds is 4. The molecule has 0 bridgehead atoms. The van der Waals surface area contributed by atoms with Gasteiger partial charge in [0.05, 0.1) is 0 Å². The van der Waals surface area contributed by atoms with Crippen molar-refractivity contribution in [1.82, 2.24) is 5.32 Å². The third-order valence-corrected chi connectivity index (χ3v) is 3.02. The molecule has 1 aliphatic rings. The van der Waals surface area contributed by atoms with E-state index in [4.69, 9.17) is 5.73 Å². The topological polar surface area (TPSA) is 38.0 Å². The van der Waals surface area contributed by atoms with E-state index in [0.717, 1.165) is 18.9 Å². The lowest BCUT2D eigenvalue weighted by molar-refractivity contribution is 0.437. The Hall–Kier alpha value is -1.26. The van der Waals surface area contributed by atoms with Crippen molar-refractivity contribution in [3.05, 3.63) is 47.5 Å². The van der Waals surface area contributed by atoms with E-state index < -0.39 is 11.6 Å². The highest BCUT2D eigenvalue weighted by molar-refractivity contribution is 5.23. The Morgan fingerprint density at radius 3 is 2.59 bits per heavy atom. The van der Waals surface area contributed by atoms with E-state index >= 15 is 0 Å². The Morgan fingerprint density at radius 1 is 1.29 bits per heavy atom. The maximum atomic E-state index is 13.6. The molecule has 0 saturated carbocycles. The zero-order valence-corrected chi connectivity index (χ0v) is 9.50. The number of hydrogen-bond donors (Lipinski definition) is 2. The van der Waals surface area contributed by atoms with Crippen molar-refractivity contribution in [1.29, 1.82) is 0 Å². The first kappa shape index (κ1) is 12.2. The maximum absolute atomic E-state index is 13.6. The molecule has 0 aromatic heterocycles. The van der Waals surface area contributed by atoms with E-state index in [2.05, 4.69) is 17.5 Å². The van der Waals surface area contributed by atoms with Crippen LogP contribution in [0.4, 0.5) is 8.78 Å². The summed E-state index contributed by atoms with van der Waals surface area (Å²) in [5, 5.41) is 3.29. The van der Waals surface area contributed by atoms with Crippen LogP contribution in [0.3, 0.4) is 0 Å². The Kier molecular flexibility index (Phi) is 3.86. The van der Waals surface area contributed by atoms with E-state index in [1.165, 1.54) is 12.1 Å². The van der Waals surface area contributed by atoms with Crippen molar-refractivity contribution in [2.24, 2.45) is 5.73 Å². The molecule has 0 heterocycles. The average Bonchev–Trinajstić information content (AvgIpc) is 2.79. The minimum atomic E-state index is -0.565. The molecule has 1 aromatic carbocycles. The molecule has 2 rings (SSSR count). The van der Waals surface area contributed by atoms with Crippen molar-refractivity contribution in [3.63, 3.8) is 0 Å². The zero-order valence-electron chi connectivity index (χ0n) is 9.50. The molecule has 4 heteroatoms. The van der Waals surface area contributed by atoms with Gasteiger partial charge in [0.15, 0.2) is 0 Å². The van der Waals surface area contributed by atoms with Crippen LogP contribution in [0.2, 0.25) is 0 Å². The number of benzene rings is 1. The van der Waals surface area contributed by atoms with Gasteiger partial charge in [-0.3, -0.25) is 0 Å². The predicted octanol–water partition coefficient (Wildman–Crippen LogP) is 2.27. The van der Waals surface area contributed by atoms with Crippen LogP contribution in [0.15, 0.2) is 30.4 Å². The minimum Gasteiger partial charge on any atom is -0.329 e. The molecular weight excluding hydrogens is 222 g/mol. The van der Waals surface area contributed by atoms with Crippen molar-refractivity contribution < 1.29 is 8.78 Å². The van der Waals surface area contributed by atoms with Gasteiger partial charge in [0, 0.05) is 30.3 Å². The second-order valence-electron chi connectivity index (χ2n) is 4.26. The molecule has 2 nitrogen and oxygen atoms in total. The Bertz CT molecular complexity index is 410. The summed E-state index contributed by atoms with van der Waals surface area (Å²) in [6.45, 7) is 0.291. The van der Waals surface area contributed by atoms with Crippen LogP contribution in [0.25, 0.3) is 0 Å². The van der Waals surface area contributed by atoms with Crippen LogP contribution < -0.4 is 11.1 Å². The molecule has 0 spiro atoms. The van der Waals surface area contributed by atoms with E-state index in [1.54, 1.807) is 0 Å². The number of halogens is 2. The molecule has 1 aliphatic carbocycles. The average molecular weight is 238 g/mol. The molecule has 0 fully saturated rings. The first-order valence-corrected chi connectivity index (χ1v) is 5.76. The SMILES string of the molecule is NCC(NC1CC=CC1)c1ccc(F)cc1F. The lowest BCUT2D eigenvalue weighted by atomic mass is 10.0. The summed E-state index contributed by atoms with van der Waals surface area (Å²) in [4.78, 5) is 0. The van der Waals surface area contributed by atoms with Crippen LogP contribution in [0.5, 0.6) is 0 Å². The standard InChI is InChI=1S/C13H16F2N2/c14-9-5-6-11(12(15)7-9)13(8-16)17-10-3-1-2-4-10/h1-2,5-7,10,13,17H,3-4,8,16H2. The van der Waals surface area contributed by atoms with Crippen molar-refractivity contribution in [2.45, 2.75) is 24.9 Å². The fraction of sp³-hybridized carbons (Fsp3) is 0.385. The minimum absolute atomic E-state index is 0.263. The number of nitrogens with two attached hydrogens (primary N) is 1. The molecular formula is C13H16F2N2. The van der Waals surface area contributed by atoms with Gasteiger partial charge in [0.2, 0.25) is 0 Å². The molecule has 0 amide bonds. The first-order valence-electron chi connectivity index (χ1n) is 5.76. The summed E-state index contributed by atoms with van der Waals surface area (Å²) in [7, 11) is 0. The Labute approximate surface area is 99.5 Å². The van der Waals surface area contributed by atoms with Gasteiger partial charge in [-0.1, -0.05) is 18.2 Å². The van der Waals surface area contributed by atoms with Crippen LogP contribution in [-0.2, 0) is 0 Å². The molecule has 92 valence electrons. The summed E-state index contributed by atoms with van der Waals surface area (Å²) >= 11 is 0. The van der Waals surface area contributed by atoms with Crippen LogP contribution >= 0.6 is 0 Å². The lowest BCUT2D eigenvalue weighted by Gasteiger charge is -2.22. The number of hydrogen-bond acceptors (Lipinski definition) is 2.